The minimum absolute atomic E-state index is 0.575. The average molecular weight is 240 g/mol. The number of benzene rings is 1. The molecular formula is C13H18ClNO. The Morgan fingerprint density at radius 2 is 2.19 bits per heavy atom. The van der Waals surface area contributed by atoms with Crippen LogP contribution in [0.1, 0.15) is 30.7 Å². The highest BCUT2D eigenvalue weighted by atomic mass is 35.5. The normalized spacial score (nSPS) is 24.7. The van der Waals surface area contributed by atoms with Gasteiger partial charge in [0.25, 0.3) is 0 Å². The standard InChI is InChI=1S/C13H18ClNO/c1-15-11-5-3-9(7-11)12-8-10(14)4-6-13(12)16-2/h4,6,8-9,11,15H,3,5,7H2,1-2H3. The molecule has 2 unspecified atom stereocenters. The quantitative estimate of drug-likeness (QED) is 0.875. The van der Waals surface area contributed by atoms with E-state index in [1.807, 2.05) is 25.2 Å². The van der Waals surface area contributed by atoms with Crippen molar-refractivity contribution < 1.29 is 4.74 Å². The Morgan fingerprint density at radius 1 is 1.38 bits per heavy atom. The Hall–Kier alpha value is -0.730. The number of nitrogens with one attached hydrogen (secondary N) is 1. The van der Waals surface area contributed by atoms with E-state index in [-0.39, 0.29) is 0 Å². The van der Waals surface area contributed by atoms with Crippen molar-refractivity contribution in [3.63, 3.8) is 0 Å². The Kier molecular flexibility index (Phi) is 3.72. The Labute approximate surface area is 102 Å². The van der Waals surface area contributed by atoms with Gasteiger partial charge in [-0.05, 0) is 56.0 Å². The lowest BCUT2D eigenvalue weighted by Gasteiger charge is -2.15. The summed E-state index contributed by atoms with van der Waals surface area (Å²) in [7, 11) is 3.75. The highest BCUT2D eigenvalue weighted by Gasteiger charge is 2.26. The Balaban J connectivity index is 2.22. The molecule has 0 aliphatic heterocycles. The van der Waals surface area contributed by atoms with Gasteiger partial charge in [-0.25, -0.2) is 0 Å². The maximum atomic E-state index is 6.05. The van der Waals surface area contributed by atoms with Gasteiger partial charge >= 0.3 is 0 Å². The molecule has 2 rings (SSSR count). The molecule has 1 aromatic carbocycles. The number of hydrogen-bond donors (Lipinski definition) is 1. The van der Waals surface area contributed by atoms with Crippen LogP contribution in [-0.2, 0) is 0 Å². The van der Waals surface area contributed by atoms with Crippen LogP contribution >= 0.6 is 11.6 Å². The monoisotopic (exact) mass is 239 g/mol. The van der Waals surface area contributed by atoms with Crippen molar-refractivity contribution in [1.82, 2.24) is 5.32 Å². The number of ether oxygens (including phenoxy) is 1. The third kappa shape index (κ3) is 2.33. The van der Waals surface area contributed by atoms with Crippen molar-refractivity contribution in [2.45, 2.75) is 31.2 Å². The molecule has 0 heterocycles. The first-order valence-corrected chi connectivity index (χ1v) is 6.13. The predicted octanol–water partition coefficient (Wildman–Crippen LogP) is 3.20. The second kappa shape index (κ2) is 5.07. The molecule has 2 atom stereocenters. The van der Waals surface area contributed by atoms with Gasteiger partial charge in [-0.1, -0.05) is 11.6 Å². The molecule has 0 bridgehead atoms. The van der Waals surface area contributed by atoms with Crippen molar-refractivity contribution >= 4 is 11.6 Å². The maximum absolute atomic E-state index is 6.05. The van der Waals surface area contributed by atoms with E-state index < -0.39 is 0 Å². The van der Waals surface area contributed by atoms with Crippen molar-refractivity contribution in [3.05, 3.63) is 28.8 Å². The highest BCUT2D eigenvalue weighted by Crippen LogP contribution is 2.39. The molecule has 16 heavy (non-hydrogen) atoms. The number of halogens is 1. The molecular weight excluding hydrogens is 222 g/mol. The largest absolute Gasteiger partial charge is 0.496 e. The zero-order chi connectivity index (χ0) is 11.5. The van der Waals surface area contributed by atoms with Gasteiger partial charge in [0.05, 0.1) is 7.11 Å². The molecule has 1 fully saturated rings. The van der Waals surface area contributed by atoms with E-state index in [2.05, 4.69) is 5.32 Å². The van der Waals surface area contributed by atoms with Crippen LogP contribution in [0.4, 0.5) is 0 Å². The Morgan fingerprint density at radius 3 is 2.81 bits per heavy atom. The minimum atomic E-state index is 0.575. The van der Waals surface area contributed by atoms with Gasteiger partial charge in [0, 0.05) is 11.1 Å². The van der Waals surface area contributed by atoms with Crippen LogP contribution in [0.25, 0.3) is 0 Å². The summed E-state index contributed by atoms with van der Waals surface area (Å²) in [6.45, 7) is 0. The van der Waals surface area contributed by atoms with E-state index in [9.17, 15) is 0 Å². The summed E-state index contributed by atoms with van der Waals surface area (Å²) >= 11 is 6.05. The molecule has 1 N–H and O–H groups in total. The summed E-state index contributed by atoms with van der Waals surface area (Å²) in [5.74, 6) is 1.54. The Bertz CT molecular complexity index is 367. The molecule has 1 aliphatic carbocycles. The van der Waals surface area contributed by atoms with Crippen molar-refractivity contribution in [1.29, 1.82) is 0 Å². The molecule has 88 valence electrons. The second-order valence-corrected chi connectivity index (χ2v) is 4.82. The average Bonchev–Trinajstić information content (AvgIpc) is 2.77. The molecule has 3 heteroatoms. The van der Waals surface area contributed by atoms with Gasteiger partial charge in [0.2, 0.25) is 0 Å². The zero-order valence-corrected chi connectivity index (χ0v) is 10.6. The van der Waals surface area contributed by atoms with Crippen molar-refractivity contribution in [2.75, 3.05) is 14.2 Å². The van der Waals surface area contributed by atoms with Gasteiger partial charge in [0.15, 0.2) is 0 Å². The van der Waals surface area contributed by atoms with Gasteiger partial charge in [-0.15, -0.1) is 0 Å². The van der Waals surface area contributed by atoms with Crippen LogP contribution in [0.3, 0.4) is 0 Å². The van der Waals surface area contributed by atoms with E-state index in [1.54, 1.807) is 7.11 Å². The van der Waals surface area contributed by atoms with Crippen LogP contribution in [0.2, 0.25) is 5.02 Å². The molecule has 0 spiro atoms. The maximum Gasteiger partial charge on any atom is 0.122 e. The molecule has 1 aromatic rings. The fourth-order valence-electron chi connectivity index (χ4n) is 2.55. The summed E-state index contributed by atoms with van der Waals surface area (Å²) in [5.41, 5.74) is 1.26. The number of methoxy groups -OCH3 is 1. The predicted molar refractivity (Wildman–Crippen MR) is 67.4 cm³/mol. The van der Waals surface area contributed by atoms with E-state index in [4.69, 9.17) is 16.3 Å². The second-order valence-electron chi connectivity index (χ2n) is 4.38. The summed E-state index contributed by atoms with van der Waals surface area (Å²) in [6, 6.07) is 6.52. The van der Waals surface area contributed by atoms with E-state index >= 15 is 0 Å². The van der Waals surface area contributed by atoms with Crippen molar-refractivity contribution in [2.24, 2.45) is 0 Å². The third-order valence-corrected chi connectivity index (χ3v) is 3.71. The smallest absolute Gasteiger partial charge is 0.122 e. The number of hydrogen-bond acceptors (Lipinski definition) is 2. The van der Waals surface area contributed by atoms with Gasteiger partial charge in [-0.2, -0.15) is 0 Å². The summed E-state index contributed by atoms with van der Waals surface area (Å²) in [6.07, 6.45) is 3.62. The first-order valence-electron chi connectivity index (χ1n) is 5.75. The lowest BCUT2D eigenvalue weighted by Crippen LogP contribution is -2.21. The number of rotatable bonds is 3. The van der Waals surface area contributed by atoms with E-state index in [0.717, 1.165) is 10.8 Å². The molecule has 0 amide bonds. The highest BCUT2D eigenvalue weighted by molar-refractivity contribution is 6.30. The molecule has 1 saturated carbocycles. The fraction of sp³-hybridized carbons (Fsp3) is 0.538. The van der Waals surface area contributed by atoms with Gasteiger partial charge in [-0.3, -0.25) is 0 Å². The van der Waals surface area contributed by atoms with Crippen molar-refractivity contribution in [3.8, 4) is 5.75 Å². The molecule has 0 aromatic heterocycles. The zero-order valence-electron chi connectivity index (χ0n) is 9.79. The summed E-state index contributed by atoms with van der Waals surface area (Å²) in [5, 5.41) is 4.14. The fourth-order valence-corrected chi connectivity index (χ4v) is 2.73. The van der Waals surface area contributed by atoms with Gasteiger partial charge < -0.3 is 10.1 Å². The van der Waals surface area contributed by atoms with Crippen LogP contribution in [-0.4, -0.2) is 20.2 Å². The van der Waals surface area contributed by atoms with Gasteiger partial charge in [0.1, 0.15) is 5.75 Å². The van der Waals surface area contributed by atoms with Crippen LogP contribution in [0.15, 0.2) is 18.2 Å². The minimum Gasteiger partial charge on any atom is -0.496 e. The third-order valence-electron chi connectivity index (χ3n) is 3.47. The van der Waals surface area contributed by atoms with Crippen LogP contribution in [0.5, 0.6) is 5.75 Å². The lowest BCUT2D eigenvalue weighted by atomic mass is 9.96. The SMILES string of the molecule is CNC1CCC(c2cc(Cl)ccc2OC)C1. The first-order chi connectivity index (χ1) is 7.74. The molecule has 2 nitrogen and oxygen atoms in total. The summed E-state index contributed by atoms with van der Waals surface area (Å²) < 4.78 is 5.40. The lowest BCUT2D eigenvalue weighted by molar-refractivity contribution is 0.405. The van der Waals surface area contributed by atoms with Crippen LogP contribution in [0, 0.1) is 0 Å². The first kappa shape index (κ1) is 11.7. The molecule has 1 aliphatic rings. The molecule has 0 saturated heterocycles. The van der Waals surface area contributed by atoms with E-state index in [0.29, 0.717) is 12.0 Å². The van der Waals surface area contributed by atoms with E-state index in [1.165, 1.54) is 24.8 Å². The van der Waals surface area contributed by atoms with Crippen LogP contribution < -0.4 is 10.1 Å². The topological polar surface area (TPSA) is 21.3 Å². The summed E-state index contributed by atoms with van der Waals surface area (Å²) in [4.78, 5) is 0. The molecule has 0 radical (unpaired) electrons.